The fourth-order valence-electron chi connectivity index (χ4n) is 3.16. The third kappa shape index (κ3) is 2.80. The van der Waals surface area contributed by atoms with Crippen molar-refractivity contribution < 1.29 is 14.3 Å². The van der Waals surface area contributed by atoms with Gasteiger partial charge in [-0.15, -0.1) is 11.3 Å². The number of fused-ring (bicyclic) bond motifs is 1. The smallest absolute Gasteiger partial charge is 0.307 e. The number of carbonyl (C=O) groups is 2. The van der Waals surface area contributed by atoms with Gasteiger partial charge in [0.25, 0.3) is 0 Å². The van der Waals surface area contributed by atoms with Crippen LogP contribution in [-0.2, 0) is 14.3 Å². The summed E-state index contributed by atoms with van der Waals surface area (Å²) in [6.07, 6.45) is 2.01. The fourth-order valence-corrected chi connectivity index (χ4v) is 3.87. The maximum atomic E-state index is 12.5. The van der Waals surface area contributed by atoms with Gasteiger partial charge in [-0.1, -0.05) is 18.2 Å². The molecule has 2 N–H and O–H groups in total. The van der Waals surface area contributed by atoms with E-state index in [4.69, 9.17) is 4.74 Å². The van der Waals surface area contributed by atoms with Crippen LogP contribution in [0.25, 0.3) is 22.2 Å². The van der Waals surface area contributed by atoms with Gasteiger partial charge in [0.15, 0.2) is 5.13 Å². The number of nitrogens with one attached hydrogen (secondary N) is 2. The first-order valence-corrected chi connectivity index (χ1v) is 8.87. The van der Waals surface area contributed by atoms with E-state index >= 15 is 0 Å². The molecule has 1 aliphatic rings. The van der Waals surface area contributed by atoms with Crippen LogP contribution in [-0.4, -0.2) is 27.4 Å². The van der Waals surface area contributed by atoms with Crippen LogP contribution in [0.3, 0.4) is 0 Å². The van der Waals surface area contributed by atoms with Crippen molar-refractivity contribution in [2.45, 2.75) is 25.9 Å². The highest BCUT2D eigenvalue weighted by molar-refractivity contribution is 7.14. The molecular formula is C18H17N3O3S. The van der Waals surface area contributed by atoms with Gasteiger partial charge in [0.2, 0.25) is 5.91 Å². The number of aromatic amines is 1. The summed E-state index contributed by atoms with van der Waals surface area (Å²) < 4.78 is 5.21. The van der Waals surface area contributed by atoms with Crippen molar-refractivity contribution in [3.05, 3.63) is 35.8 Å². The summed E-state index contributed by atoms with van der Waals surface area (Å²) in [5.74, 6) is -1.10. The van der Waals surface area contributed by atoms with Crippen molar-refractivity contribution in [3.8, 4) is 11.3 Å². The molecule has 128 valence electrons. The van der Waals surface area contributed by atoms with Crippen LogP contribution in [0.2, 0.25) is 0 Å². The van der Waals surface area contributed by atoms with E-state index in [0.717, 1.165) is 22.2 Å². The van der Waals surface area contributed by atoms with Crippen LogP contribution >= 0.6 is 11.3 Å². The zero-order valence-electron chi connectivity index (χ0n) is 13.8. The summed E-state index contributed by atoms with van der Waals surface area (Å²) in [6.45, 7) is 3.50. The number of carbonyl (C=O) groups excluding carboxylic acids is 2. The SMILES string of the molecule is CC1(C)OC(=O)C[C@@H]1C(=O)Nc1nc(-c2c[nH]c3ccccc23)cs1. The summed E-state index contributed by atoms with van der Waals surface area (Å²) in [4.78, 5) is 31.7. The zero-order valence-corrected chi connectivity index (χ0v) is 14.6. The Balaban J connectivity index is 1.56. The number of amides is 1. The Morgan fingerprint density at radius 3 is 2.96 bits per heavy atom. The molecule has 1 fully saturated rings. The van der Waals surface area contributed by atoms with E-state index in [0.29, 0.717) is 5.13 Å². The Morgan fingerprint density at radius 2 is 2.20 bits per heavy atom. The van der Waals surface area contributed by atoms with Gasteiger partial charge in [-0.2, -0.15) is 0 Å². The summed E-state index contributed by atoms with van der Waals surface area (Å²) >= 11 is 1.36. The van der Waals surface area contributed by atoms with Crippen LogP contribution in [0, 0.1) is 5.92 Å². The molecule has 4 rings (SSSR count). The Labute approximate surface area is 148 Å². The van der Waals surface area contributed by atoms with Crippen molar-refractivity contribution >= 4 is 39.2 Å². The molecule has 0 saturated carbocycles. The molecule has 0 unspecified atom stereocenters. The maximum Gasteiger partial charge on any atom is 0.307 e. The number of thiazole rings is 1. The summed E-state index contributed by atoms with van der Waals surface area (Å²) in [6, 6.07) is 7.99. The highest BCUT2D eigenvalue weighted by atomic mass is 32.1. The second kappa shape index (κ2) is 5.70. The van der Waals surface area contributed by atoms with E-state index in [1.165, 1.54) is 11.3 Å². The van der Waals surface area contributed by atoms with E-state index in [-0.39, 0.29) is 18.3 Å². The standard InChI is InChI=1S/C18H17N3O3S/c1-18(2)12(7-15(22)24-18)16(23)21-17-20-14(9-25-17)11-8-19-13-6-4-3-5-10(11)13/h3-6,8-9,12,19H,7H2,1-2H3,(H,20,21,23)/t12-/m1/s1. The molecule has 7 heteroatoms. The van der Waals surface area contributed by atoms with E-state index in [9.17, 15) is 9.59 Å². The predicted molar refractivity (Wildman–Crippen MR) is 96.3 cm³/mol. The van der Waals surface area contributed by atoms with Gasteiger partial charge in [-0.25, -0.2) is 4.98 Å². The molecule has 1 aliphatic heterocycles. The number of para-hydroxylation sites is 1. The van der Waals surface area contributed by atoms with Gasteiger partial charge in [0.1, 0.15) is 5.60 Å². The number of nitrogens with zero attached hydrogens (tertiary/aromatic N) is 1. The van der Waals surface area contributed by atoms with Crippen molar-refractivity contribution in [2.24, 2.45) is 5.92 Å². The molecule has 1 aromatic carbocycles. The maximum absolute atomic E-state index is 12.5. The van der Waals surface area contributed by atoms with E-state index in [1.54, 1.807) is 13.8 Å². The molecule has 25 heavy (non-hydrogen) atoms. The number of hydrogen-bond acceptors (Lipinski definition) is 5. The van der Waals surface area contributed by atoms with Gasteiger partial charge in [0, 0.05) is 28.0 Å². The second-order valence-corrected chi connectivity index (χ2v) is 7.47. The summed E-state index contributed by atoms with van der Waals surface area (Å²) in [5, 5.41) is 6.32. The van der Waals surface area contributed by atoms with E-state index in [1.807, 2.05) is 35.8 Å². The first-order chi connectivity index (χ1) is 11.9. The lowest BCUT2D eigenvalue weighted by atomic mass is 9.90. The number of H-pyrrole nitrogens is 1. The monoisotopic (exact) mass is 355 g/mol. The van der Waals surface area contributed by atoms with Crippen molar-refractivity contribution in [1.29, 1.82) is 0 Å². The van der Waals surface area contributed by atoms with Crippen molar-refractivity contribution in [3.63, 3.8) is 0 Å². The number of ether oxygens (including phenoxy) is 1. The number of hydrogen-bond donors (Lipinski definition) is 2. The highest BCUT2D eigenvalue weighted by Gasteiger charge is 2.46. The van der Waals surface area contributed by atoms with Crippen LogP contribution in [0.1, 0.15) is 20.3 Å². The average Bonchev–Trinajstić information content (AvgIpc) is 3.23. The number of benzene rings is 1. The average molecular weight is 355 g/mol. The predicted octanol–water partition coefficient (Wildman–Crippen LogP) is 3.57. The van der Waals surface area contributed by atoms with Crippen LogP contribution in [0.4, 0.5) is 5.13 Å². The van der Waals surface area contributed by atoms with E-state index in [2.05, 4.69) is 15.3 Å². The van der Waals surface area contributed by atoms with Gasteiger partial charge in [-0.05, 0) is 19.9 Å². The molecule has 0 spiro atoms. The number of esters is 1. The van der Waals surface area contributed by atoms with E-state index < -0.39 is 11.5 Å². The molecule has 2 aromatic heterocycles. The summed E-state index contributed by atoms with van der Waals surface area (Å²) in [7, 11) is 0. The molecule has 0 bridgehead atoms. The molecule has 0 radical (unpaired) electrons. The minimum Gasteiger partial charge on any atom is -0.459 e. The third-order valence-corrected chi connectivity index (χ3v) is 5.26. The van der Waals surface area contributed by atoms with Gasteiger partial charge >= 0.3 is 5.97 Å². The number of aromatic nitrogens is 2. The first-order valence-electron chi connectivity index (χ1n) is 7.99. The number of cyclic esters (lactones) is 1. The molecule has 3 aromatic rings. The largest absolute Gasteiger partial charge is 0.459 e. The molecule has 3 heterocycles. The normalized spacial score (nSPS) is 19.1. The lowest BCUT2D eigenvalue weighted by molar-refractivity contribution is -0.147. The van der Waals surface area contributed by atoms with Crippen LogP contribution < -0.4 is 5.32 Å². The number of anilines is 1. The molecule has 0 aliphatic carbocycles. The molecule has 1 atom stereocenters. The van der Waals surface area contributed by atoms with Crippen molar-refractivity contribution in [1.82, 2.24) is 9.97 Å². The Hall–Kier alpha value is -2.67. The molecule has 1 saturated heterocycles. The topological polar surface area (TPSA) is 84.1 Å². The number of rotatable bonds is 3. The highest BCUT2D eigenvalue weighted by Crippen LogP contribution is 2.35. The molecular weight excluding hydrogens is 338 g/mol. The van der Waals surface area contributed by atoms with Crippen LogP contribution in [0.5, 0.6) is 0 Å². The van der Waals surface area contributed by atoms with Crippen LogP contribution in [0.15, 0.2) is 35.8 Å². The molecule has 1 amide bonds. The Morgan fingerprint density at radius 1 is 1.40 bits per heavy atom. The summed E-state index contributed by atoms with van der Waals surface area (Å²) in [5.41, 5.74) is 2.04. The minimum atomic E-state index is -0.794. The quantitative estimate of drug-likeness (QED) is 0.704. The Kier molecular flexibility index (Phi) is 3.61. The first kappa shape index (κ1) is 15.8. The Bertz CT molecular complexity index is 973. The lowest BCUT2D eigenvalue weighted by Gasteiger charge is -2.23. The molecule has 6 nitrogen and oxygen atoms in total. The van der Waals surface area contributed by atoms with Gasteiger partial charge < -0.3 is 15.0 Å². The van der Waals surface area contributed by atoms with Crippen molar-refractivity contribution in [2.75, 3.05) is 5.32 Å². The van der Waals surface area contributed by atoms with Gasteiger partial charge in [-0.3, -0.25) is 9.59 Å². The zero-order chi connectivity index (χ0) is 17.6. The fraction of sp³-hybridized carbons (Fsp3) is 0.278. The lowest BCUT2D eigenvalue weighted by Crippen LogP contribution is -2.36. The van der Waals surface area contributed by atoms with Gasteiger partial charge in [0.05, 0.1) is 18.0 Å². The minimum absolute atomic E-state index is 0.0967. The second-order valence-electron chi connectivity index (χ2n) is 6.61. The third-order valence-electron chi connectivity index (χ3n) is 4.50.